The maximum atomic E-state index is 13.3. The Morgan fingerprint density at radius 1 is 0.968 bits per heavy atom. The van der Waals surface area contributed by atoms with Crippen molar-refractivity contribution in [3.8, 4) is 0 Å². The molecule has 2 aliphatic heterocycles. The summed E-state index contributed by atoms with van der Waals surface area (Å²) in [6, 6.07) is 0. The minimum atomic E-state index is -0.356. The molecule has 4 aliphatic carbocycles. The summed E-state index contributed by atoms with van der Waals surface area (Å²) in [7, 11) is 0. The van der Waals surface area contributed by atoms with E-state index in [4.69, 9.17) is 9.47 Å². The van der Waals surface area contributed by atoms with E-state index in [-0.39, 0.29) is 28.6 Å². The van der Waals surface area contributed by atoms with Gasteiger partial charge in [0.25, 0.3) is 0 Å². The van der Waals surface area contributed by atoms with Crippen LogP contribution in [0.25, 0.3) is 0 Å². The van der Waals surface area contributed by atoms with Crippen LogP contribution in [0.1, 0.15) is 85.5 Å². The van der Waals surface area contributed by atoms with E-state index in [0.29, 0.717) is 53.8 Å². The van der Waals surface area contributed by atoms with E-state index in [1.165, 1.54) is 19.3 Å². The lowest BCUT2D eigenvalue weighted by molar-refractivity contribution is -0.273. The van der Waals surface area contributed by atoms with E-state index >= 15 is 0 Å². The topological polar surface area (TPSA) is 55.8 Å². The Morgan fingerprint density at radius 2 is 1.74 bits per heavy atom. The zero-order chi connectivity index (χ0) is 21.8. The van der Waals surface area contributed by atoms with Gasteiger partial charge < -0.3 is 14.6 Å². The molecule has 4 nitrogen and oxygen atoms in total. The largest absolute Gasteiger partial charge is 0.393 e. The van der Waals surface area contributed by atoms with E-state index in [1.54, 1.807) is 0 Å². The minimum absolute atomic E-state index is 0.0823. The number of ketones is 1. The lowest BCUT2D eigenvalue weighted by Crippen LogP contribution is -2.57. The number of aliphatic hydroxyl groups is 1. The van der Waals surface area contributed by atoms with E-state index in [2.05, 4.69) is 27.7 Å². The molecule has 4 heteroatoms. The molecule has 0 aromatic rings. The number of rotatable bonds is 0. The Hall–Kier alpha value is -0.450. The summed E-state index contributed by atoms with van der Waals surface area (Å²) >= 11 is 0. The summed E-state index contributed by atoms with van der Waals surface area (Å²) in [6.07, 6.45) is 9.21. The average Bonchev–Trinajstić information content (AvgIpc) is 3.17. The van der Waals surface area contributed by atoms with Gasteiger partial charge in [-0.25, -0.2) is 0 Å². The van der Waals surface area contributed by atoms with Gasteiger partial charge in [0.05, 0.1) is 18.8 Å². The molecule has 3 unspecified atom stereocenters. The maximum absolute atomic E-state index is 13.3. The second-order valence-corrected chi connectivity index (χ2v) is 13.1. The van der Waals surface area contributed by atoms with Gasteiger partial charge in [0.15, 0.2) is 5.79 Å². The first kappa shape index (κ1) is 21.1. The first-order valence-corrected chi connectivity index (χ1v) is 13.2. The molecule has 174 valence electrons. The standard InChI is InChI=1S/C27H42O4/c1-15-5-10-27(30-14-15)16(2)24-23(31-27)13-20-18-12-22(29)21-11-17(28)6-8-25(21,3)19(18)7-9-26(20,24)4/h15-21,23-24,28H,5-14H2,1-4H3/t15-,16?,17-,18+,19-,20-,21+,23?,24?,25+,26-,27+/m0/s1. The van der Waals surface area contributed by atoms with Crippen LogP contribution in [0.5, 0.6) is 0 Å². The Balaban J connectivity index is 1.28. The van der Waals surface area contributed by atoms with Crippen LogP contribution >= 0.6 is 0 Å². The van der Waals surface area contributed by atoms with Crippen LogP contribution in [0.2, 0.25) is 0 Å². The first-order chi connectivity index (χ1) is 14.7. The van der Waals surface area contributed by atoms with Crippen LogP contribution in [0, 0.1) is 52.3 Å². The zero-order valence-corrected chi connectivity index (χ0v) is 19.9. The highest BCUT2D eigenvalue weighted by atomic mass is 16.7. The van der Waals surface area contributed by atoms with Crippen molar-refractivity contribution in [1.82, 2.24) is 0 Å². The number of carbonyl (C=O) groups excluding carboxylic acids is 1. The van der Waals surface area contributed by atoms with Crippen LogP contribution in [0.15, 0.2) is 0 Å². The SMILES string of the molecule is CC1C2C(C[C@H]3[C@@H]4CC(=O)[C@H]5C[C@@H](O)CC[C@]5(C)[C@H]4CC[C@]23C)O[C@]12CC[C@H](C)CO2. The van der Waals surface area contributed by atoms with Crippen molar-refractivity contribution in [2.45, 2.75) is 103 Å². The number of carbonyl (C=O) groups is 1. The molecule has 6 aliphatic rings. The molecule has 0 radical (unpaired) electrons. The van der Waals surface area contributed by atoms with Gasteiger partial charge >= 0.3 is 0 Å². The van der Waals surface area contributed by atoms with Gasteiger partial charge in [0.2, 0.25) is 0 Å². The third-order valence-corrected chi connectivity index (χ3v) is 11.7. The summed E-state index contributed by atoms with van der Waals surface area (Å²) < 4.78 is 13.3. The molecule has 31 heavy (non-hydrogen) atoms. The highest BCUT2D eigenvalue weighted by molar-refractivity contribution is 5.83. The first-order valence-electron chi connectivity index (χ1n) is 13.2. The van der Waals surface area contributed by atoms with Crippen molar-refractivity contribution < 1.29 is 19.4 Å². The molecule has 1 N–H and O–H groups in total. The summed E-state index contributed by atoms with van der Waals surface area (Å²) in [5.41, 5.74) is 0.355. The number of hydrogen-bond donors (Lipinski definition) is 1. The quantitative estimate of drug-likeness (QED) is 0.589. The normalized spacial score (nSPS) is 60.9. The highest BCUT2D eigenvalue weighted by Crippen LogP contribution is 2.71. The average molecular weight is 431 g/mol. The van der Waals surface area contributed by atoms with Gasteiger partial charge in [-0.05, 0) is 85.4 Å². The molecule has 6 rings (SSSR count). The third-order valence-electron chi connectivity index (χ3n) is 11.7. The number of aliphatic hydroxyl groups excluding tert-OH is 1. The van der Waals surface area contributed by atoms with Gasteiger partial charge in [-0.1, -0.05) is 27.7 Å². The number of fused-ring (bicyclic) bond motifs is 7. The van der Waals surface area contributed by atoms with E-state index in [9.17, 15) is 9.90 Å². The van der Waals surface area contributed by atoms with E-state index in [0.717, 1.165) is 38.7 Å². The monoisotopic (exact) mass is 430 g/mol. The van der Waals surface area contributed by atoms with Gasteiger partial charge in [-0.2, -0.15) is 0 Å². The molecule has 0 aromatic heterocycles. The third kappa shape index (κ3) is 2.74. The summed E-state index contributed by atoms with van der Waals surface area (Å²) in [5, 5.41) is 10.3. The van der Waals surface area contributed by atoms with Crippen LogP contribution in [0.3, 0.4) is 0 Å². The van der Waals surface area contributed by atoms with E-state index in [1.807, 2.05) is 0 Å². The molecule has 1 spiro atoms. The minimum Gasteiger partial charge on any atom is -0.393 e. The molecule has 0 bridgehead atoms. The van der Waals surface area contributed by atoms with Crippen LogP contribution < -0.4 is 0 Å². The maximum Gasteiger partial charge on any atom is 0.171 e. The van der Waals surface area contributed by atoms with Crippen molar-refractivity contribution >= 4 is 5.78 Å². The Labute approximate surface area is 187 Å². The molecule has 0 amide bonds. The van der Waals surface area contributed by atoms with Crippen molar-refractivity contribution in [1.29, 1.82) is 0 Å². The van der Waals surface area contributed by atoms with Gasteiger partial charge in [0.1, 0.15) is 5.78 Å². The van der Waals surface area contributed by atoms with Crippen molar-refractivity contribution in [3.05, 3.63) is 0 Å². The second kappa shape index (κ2) is 6.79. The molecular formula is C27H42O4. The van der Waals surface area contributed by atoms with Gasteiger partial charge in [0, 0.05) is 24.7 Å². The Bertz CT molecular complexity index is 756. The Kier molecular flexibility index (Phi) is 4.62. The van der Waals surface area contributed by atoms with Gasteiger partial charge in [-0.15, -0.1) is 0 Å². The highest BCUT2D eigenvalue weighted by Gasteiger charge is 2.69. The summed E-state index contributed by atoms with van der Waals surface area (Å²) in [6.45, 7) is 10.4. The fourth-order valence-corrected chi connectivity index (χ4v) is 10.0. The predicted octanol–water partition coefficient (Wildman–Crippen LogP) is 4.97. The van der Waals surface area contributed by atoms with Crippen molar-refractivity contribution in [2.24, 2.45) is 52.3 Å². The Morgan fingerprint density at radius 3 is 2.48 bits per heavy atom. The molecule has 12 atom stereocenters. The molecular weight excluding hydrogens is 388 g/mol. The van der Waals surface area contributed by atoms with Crippen LogP contribution in [-0.4, -0.2) is 35.5 Å². The summed E-state index contributed by atoms with van der Waals surface area (Å²) in [4.78, 5) is 13.3. The summed E-state index contributed by atoms with van der Waals surface area (Å²) in [5.74, 6) is 3.53. The molecule has 0 aromatic carbocycles. The fraction of sp³-hybridized carbons (Fsp3) is 0.963. The zero-order valence-electron chi connectivity index (χ0n) is 19.9. The second-order valence-electron chi connectivity index (χ2n) is 13.1. The smallest absolute Gasteiger partial charge is 0.171 e. The van der Waals surface area contributed by atoms with Crippen molar-refractivity contribution in [3.63, 3.8) is 0 Å². The predicted molar refractivity (Wildman–Crippen MR) is 118 cm³/mol. The molecule has 2 saturated heterocycles. The fourth-order valence-electron chi connectivity index (χ4n) is 10.0. The van der Waals surface area contributed by atoms with Gasteiger partial charge in [-0.3, -0.25) is 4.79 Å². The molecule has 4 saturated carbocycles. The van der Waals surface area contributed by atoms with Crippen molar-refractivity contribution in [2.75, 3.05) is 6.61 Å². The number of Topliss-reactive ketones (excluding diaryl/α,β-unsaturated/α-hetero) is 1. The lowest BCUT2D eigenvalue weighted by atomic mass is 9.44. The van der Waals surface area contributed by atoms with Crippen LogP contribution in [0.4, 0.5) is 0 Å². The lowest BCUT2D eigenvalue weighted by Gasteiger charge is -2.60. The number of hydrogen-bond acceptors (Lipinski definition) is 4. The van der Waals surface area contributed by atoms with Crippen LogP contribution in [-0.2, 0) is 14.3 Å². The molecule has 2 heterocycles. The molecule has 6 fully saturated rings. The number of ether oxygens (including phenoxy) is 2. The van der Waals surface area contributed by atoms with E-state index < -0.39 is 0 Å².